The third-order valence-corrected chi connectivity index (χ3v) is 5.05. The largest absolute Gasteiger partial charge is 0.384 e. The maximum Gasteiger partial charge on any atom is 0.0372 e. The van der Waals surface area contributed by atoms with Crippen LogP contribution in [-0.2, 0) is 6.42 Å². The Bertz CT molecular complexity index is 448. The molecule has 0 bridgehead atoms. The number of nitrogens with zero attached hydrogens (tertiary/aromatic N) is 1. The van der Waals surface area contributed by atoms with Crippen molar-refractivity contribution in [3.05, 3.63) is 29.8 Å². The maximum absolute atomic E-state index is 3.63. The van der Waals surface area contributed by atoms with E-state index >= 15 is 0 Å². The average molecular weight is 270 g/mol. The fourth-order valence-electron chi connectivity index (χ4n) is 3.56. The first-order valence-corrected chi connectivity index (χ1v) is 8.41. The first-order chi connectivity index (χ1) is 9.87. The number of fused-ring (bicyclic) bond motifs is 1. The van der Waals surface area contributed by atoms with Crippen LogP contribution in [0.4, 0.5) is 5.69 Å². The van der Waals surface area contributed by atoms with Crippen molar-refractivity contribution < 1.29 is 0 Å². The van der Waals surface area contributed by atoms with Crippen LogP contribution in [0.3, 0.4) is 0 Å². The molecule has 4 rings (SSSR count). The van der Waals surface area contributed by atoms with Gasteiger partial charge >= 0.3 is 0 Å². The summed E-state index contributed by atoms with van der Waals surface area (Å²) in [6.45, 7) is 5.19. The highest BCUT2D eigenvalue weighted by Crippen LogP contribution is 2.34. The molecule has 1 unspecified atom stereocenters. The smallest absolute Gasteiger partial charge is 0.0372 e. The fraction of sp³-hybridized carbons (Fsp3) is 0.667. The predicted molar refractivity (Wildman–Crippen MR) is 84.0 cm³/mol. The molecule has 2 nitrogen and oxygen atoms in total. The lowest BCUT2D eigenvalue weighted by Gasteiger charge is -2.31. The van der Waals surface area contributed by atoms with Crippen molar-refractivity contribution in [3.63, 3.8) is 0 Å². The molecule has 2 fully saturated rings. The van der Waals surface area contributed by atoms with Crippen molar-refractivity contribution in [3.8, 4) is 0 Å². The molecule has 0 radical (unpaired) electrons. The summed E-state index contributed by atoms with van der Waals surface area (Å²) in [6, 6.07) is 8.83. The summed E-state index contributed by atoms with van der Waals surface area (Å²) in [5, 5.41) is 3.63. The molecule has 0 saturated heterocycles. The van der Waals surface area contributed by atoms with Crippen LogP contribution in [0.1, 0.15) is 31.2 Å². The Labute approximate surface area is 122 Å². The first-order valence-electron chi connectivity index (χ1n) is 8.41. The van der Waals surface area contributed by atoms with Crippen molar-refractivity contribution in [2.45, 2.75) is 32.1 Å². The molecule has 2 saturated carbocycles. The minimum Gasteiger partial charge on any atom is -0.384 e. The normalized spacial score (nSPS) is 25.4. The average Bonchev–Trinajstić information content (AvgIpc) is 3.35. The van der Waals surface area contributed by atoms with Crippen LogP contribution in [0.15, 0.2) is 24.3 Å². The molecule has 1 N–H and O–H groups in total. The molecule has 108 valence electrons. The molecule has 0 amide bonds. The Balaban J connectivity index is 1.36. The third-order valence-electron chi connectivity index (χ3n) is 5.05. The predicted octanol–water partition coefficient (Wildman–Crippen LogP) is 3.39. The molecule has 3 aliphatic rings. The van der Waals surface area contributed by atoms with E-state index in [4.69, 9.17) is 0 Å². The van der Waals surface area contributed by atoms with E-state index in [0.29, 0.717) is 0 Å². The van der Waals surface area contributed by atoms with Gasteiger partial charge in [0.25, 0.3) is 0 Å². The number of hydrogen-bond acceptors (Lipinski definition) is 2. The number of hydrogen-bond donors (Lipinski definition) is 1. The van der Waals surface area contributed by atoms with Crippen molar-refractivity contribution >= 4 is 5.69 Å². The second-order valence-electron chi connectivity index (χ2n) is 7.21. The van der Waals surface area contributed by atoms with Crippen molar-refractivity contribution in [2.75, 3.05) is 31.5 Å². The van der Waals surface area contributed by atoms with Crippen LogP contribution in [0, 0.1) is 17.8 Å². The van der Waals surface area contributed by atoms with Crippen LogP contribution < -0.4 is 5.32 Å². The van der Waals surface area contributed by atoms with Crippen LogP contribution in [-0.4, -0.2) is 31.1 Å². The van der Waals surface area contributed by atoms with Crippen molar-refractivity contribution in [1.82, 2.24) is 4.90 Å². The number of benzene rings is 1. The van der Waals surface area contributed by atoms with Gasteiger partial charge < -0.3 is 10.2 Å². The number of rotatable bonds is 6. The molecule has 1 aromatic rings. The van der Waals surface area contributed by atoms with E-state index in [0.717, 1.165) is 24.3 Å². The summed E-state index contributed by atoms with van der Waals surface area (Å²) in [6.07, 6.45) is 7.18. The van der Waals surface area contributed by atoms with E-state index in [2.05, 4.69) is 34.5 Å². The summed E-state index contributed by atoms with van der Waals surface area (Å²) in [4.78, 5) is 2.79. The molecule has 1 atom stereocenters. The highest BCUT2D eigenvalue weighted by atomic mass is 15.1. The molecule has 0 aromatic heterocycles. The zero-order chi connectivity index (χ0) is 13.4. The van der Waals surface area contributed by atoms with Gasteiger partial charge in [0.05, 0.1) is 0 Å². The lowest BCUT2D eigenvalue weighted by molar-refractivity contribution is 0.215. The monoisotopic (exact) mass is 270 g/mol. The standard InChI is InChI=1S/C18H26N2/c1-2-4-18-17(3-1)9-16(10-19-18)13-20(11-14-5-6-14)12-15-7-8-15/h1-4,14-16,19H,5-13H2. The number of para-hydroxylation sites is 1. The van der Waals surface area contributed by atoms with Gasteiger partial charge in [-0.3, -0.25) is 0 Å². The minimum atomic E-state index is 0.794. The molecular weight excluding hydrogens is 244 g/mol. The lowest BCUT2D eigenvalue weighted by Crippen LogP contribution is -2.38. The summed E-state index contributed by atoms with van der Waals surface area (Å²) >= 11 is 0. The Morgan fingerprint density at radius 3 is 2.25 bits per heavy atom. The quantitative estimate of drug-likeness (QED) is 0.852. The highest BCUT2D eigenvalue weighted by Gasteiger charge is 2.30. The third kappa shape index (κ3) is 3.17. The summed E-state index contributed by atoms with van der Waals surface area (Å²) in [5.41, 5.74) is 2.88. The van der Waals surface area contributed by atoms with E-state index in [1.807, 2.05) is 0 Å². The van der Waals surface area contributed by atoms with Gasteiger partial charge in [0.15, 0.2) is 0 Å². The topological polar surface area (TPSA) is 15.3 Å². The SMILES string of the molecule is c1ccc2c(c1)CC(CN(CC1CC1)CC1CC1)CN2. The van der Waals surface area contributed by atoms with E-state index in [9.17, 15) is 0 Å². The van der Waals surface area contributed by atoms with Gasteiger partial charge in [-0.2, -0.15) is 0 Å². The van der Waals surface area contributed by atoms with Gasteiger partial charge in [-0.15, -0.1) is 0 Å². The lowest BCUT2D eigenvalue weighted by atomic mass is 9.93. The van der Waals surface area contributed by atoms with Gasteiger partial charge in [0, 0.05) is 31.9 Å². The molecular formula is C18H26N2. The minimum absolute atomic E-state index is 0.794. The van der Waals surface area contributed by atoms with E-state index in [1.165, 1.54) is 63.0 Å². The molecule has 1 aliphatic heterocycles. The number of anilines is 1. The zero-order valence-corrected chi connectivity index (χ0v) is 12.4. The van der Waals surface area contributed by atoms with Crippen LogP contribution in [0.25, 0.3) is 0 Å². The molecule has 2 heteroatoms. The Hall–Kier alpha value is -1.02. The first kappa shape index (κ1) is 12.7. The van der Waals surface area contributed by atoms with Crippen LogP contribution >= 0.6 is 0 Å². The Morgan fingerprint density at radius 1 is 0.900 bits per heavy atom. The second-order valence-corrected chi connectivity index (χ2v) is 7.21. The van der Waals surface area contributed by atoms with E-state index in [-0.39, 0.29) is 0 Å². The van der Waals surface area contributed by atoms with Gasteiger partial charge in [-0.05, 0) is 61.5 Å². The summed E-state index contributed by atoms with van der Waals surface area (Å²) < 4.78 is 0. The maximum atomic E-state index is 3.63. The van der Waals surface area contributed by atoms with Gasteiger partial charge in [-0.1, -0.05) is 18.2 Å². The Morgan fingerprint density at radius 2 is 1.55 bits per heavy atom. The Kier molecular flexibility index (Phi) is 3.43. The van der Waals surface area contributed by atoms with Crippen LogP contribution in [0.5, 0.6) is 0 Å². The zero-order valence-electron chi connectivity index (χ0n) is 12.4. The van der Waals surface area contributed by atoms with Gasteiger partial charge in [-0.25, -0.2) is 0 Å². The van der Waals surface area contributed by atoms with E-state index < -0.39 is 0 Å². The molecule has 20 heavy (non-hydrogen) atoms. The number of nitrogens with one attached hydrogen (secondary N) is 1. The van der Waals surface area contributed by atoms with Crippen molar-refractivity contribution in [2.24, 2.45) is 17.8 Å². The fourth-order valence-corrected chi connectivity index (χ4v) is 3.56. The second kappa shape index (κ2) is 5.40. The highest BCUT2D eigenvalue weighted by molar-refractivity contribution is 5.53. The molecule has 1 heterocycles. The van der Waals surface area contributed by atoms with Gasteiger partial charge in [0.1, 0.15) is 0 Å². The van der Waals surface area contributed by atoms with Gasteiger partial charge in [0.2, 0.25) is 0 Å². The summed E-state index contributed by atoms with van der Waals surface area (Å²) in [5.74, 6) is 2.84. The van der Waals surface area contributed by atoms with Crippen LogP contribution in [0.2, 0.25) is 0 Å². The molecule has 2 aliphatic carbocycles. The summed E-state index contributed by atoms with van der Waals surface area (Å²) in [7, 11) is 0. The molecule has 0 spiro atoms. The molecule has 1 aromatic carbocycles. The van der Waals surface area contributed by atoms with E-state index in [1.54, 1.807) is 0 Å². The van der Waals surface area contributed by atoms with Crippen molar-refractivity contribution in [1.29, 1.82) is 0 Å².